The molecule has 0 bridgehead atoms. The Hall–Kier alpha value is -0.780. The van der Waals surface area contributed by atoms with E-state index in [-0.39, 0.29) is 10.6 Å². The highest BCUT2D eigenvalue weighted by Crippen LogP contribution is 2.34. The molecule has 2 rings (SSSR count). The average Bonchev–Trinajstić information content (AvgIpc) is 2.38. The molecule has 0 amide bonds. The van der Waals surface area contributed by atoms with Crippen molar-refractivity contribution in [2.24, 2.45) is 0 Å². The van der Waals surface area contributed by atoms with Crippen molar-refractivity contribution in [1.82, 2.24) is 10.2 Å². The minimum atomic E-state index is -2.49. The summed E-state index contributed by atoms with van der Waals surface area (Å²) in [5.41, 5.74) is 0.186. The predicted molar refractivity (Wildman–Crippen MR) is 69.2 cm³/mol. The van der Waals surface area contributed by atoms with Gasteiger partial charge in [0.05, 0.1) is 0 Å². The maximum Gasteiger partial charge on any atom is 0.240 e. The first-order valence-electron chi connectivity index (χ1n) is 6.26. The number of hydrogen-bond acceptors (Lipinski definition) is 2. The number of rotatable bonds is 4. The van der Waals surface area contributed by atoms with Crippen molar-refractivity contribution in [3.8, 4) is 0 Å². The summed E-state index contributed by atoms with van der Waals surface area (Å²) in [6.45, 7) is 2.65. The topological polar surface area (TPSA) is 15.3 Å². The maximum absolute atomic E-state index is 13.9. The van der Waals surface area contributed by atoms with Gasteiger partial charge in [0.15, 0.2) is 0 Å². The lowest BCUT2D eigenvalue weighted by molar-refractivity contribution is 0.0726. The van der Waals surface area contributed by atoms with Crippen LogP contribution < -0.4 is 5.32 Å². The van der Waals surface area contributed by atoms with Crippen molar-refractivity contribution in [3.63, 3.8) is 0 Å². The van der Waals surface area contributed by atoms with E-state index in [1.54, 1.807) is 6.07 Å². The lowest BCUT2D eigenvalue weighted by Gasteiger charge is -2.35. The van der Waals surface area contributed by atoms with Gasteiger partial charge in [-0.3, -0.25) is 4.90 Å². The Bertz CT molecular complexity index is 402. The van der Waals surface area contributed by atoms with Crippen LogP contribution in [0.15, 0.2) is 18.2 Å². The Balaban J connectivity index is 2.30. The highest BCUT2D eigenvalue weighted by atomic mass is 35.5. The van der Waals surface area contributed by atoms with Gasteiger partial charge in [-0.1, -0.05) is 17.7 Å². The van der Waals surface area contributed by atoms with Crippen LogP contribution in [0.3, 0.4) is 0 Å². The molecule has 0 spiro atoms. The van der Waals surface area contributed by atoms with Gasteiger partial charge in [0.1, 0.15) is 5.82 Å². The van der Waals surface area contributed by atoms with Crippen LogP contribution in [0.1, 0.15) is 18.0 Å². The Morgan fingerprint density at radius 3 is 2.53 bits per heavy atom. The summed E-state index contributed by atoms with van der Waals surface area (Å²) in [5, 5.41) is 3.36. The van der Waals surface area contributed by atoms with Crippen LogP contribution >= 0.6 is 11.6 Å². The van der Waals surface area contributed by atoms with Crippen LogP contribution in [0.4, 0.5) is 13.2 Å². The monoisotopic (exact) mass is 292 g/mol. The Labute approximate surface area is 115 Å². The summed E-state index contributed by atoms with van der Waals surface area (Å²) in [7, 11) is 0. The lowest BCUT2D eigenvalue weighted by atomic mass is 10.0. The number of alkyl halides is 2. The number of nitrogens with zero attached hydrogens (tertiary/aromatic N) is 1. The molecule has 6 heteroatoms. The molecule has 1 saturated heterocycles. The highest BCUT2D eigenvalue weighted by molar-refractivity contribution is 6.31. The fourth-order valence-electron chi connectivity index (χ4n) is 2.44. The Morgan fingerprint density at radius 2 is 1.95 bits per heavy atom. The van der Waals surface area contributed by atoms with Gasteiger partial charge in [0.2, 0.25) is 6.43 Å². The number of benzene rings is 1. The molecule has 1 N–H and O–H groups in total. The normalized spacial score (nSPS) is 18.8. The van der Waals surface area contributed by atoms with Crippen molar-refractivity contribution in [2.45, 2.75) is 18.9 Å². The quantitative estimate of drug-likeness (QED) is 0.917. The molecule has 0 radical (unpaired) electrons. The van der Waals surface area contributed by atoms with Crippen LogP contribution in [-0.2, 0) is 0 Å². The molecule has 0 unspecified atom stereocenters. The molecule has 0 aliphatic carbocycles. The molecule has 2 nitrogen and oxygen atoms in total. The molecular formula is C13H16ClF3N2. The van der Waals surface area contributed by atoms with E-state index >= 15 is 0 Å². The fraction of sp³-hybridized carbons (Fsp3) is 0.538. The summed E-state index contributed by atoms with van der Waals surface area (Å²) in [6, 6.07) is 3.62. The van der Waals surface area contributed by atoms with E-state index in [9.17, 15) is 13.2 Å². The van der Waals surface area contributed by atoms with Gasteiger partial charge >= 0.3 is 0 Å². The van der Waals surface area contributed by atoms with Gasteiger partial charge in [-0.2, -0.15) is 0 Å². The van der Waals surface area contributed by atoms with E-state index in [0.717, 1.165) is 0 Å². The molecule has 1 atom stereocenters. The summed E-state index contributed by atoms with van der Waals surface area (Å²) in [4.78, 5) is 1.87. The summed E-state index contributed by atoms with van der Waals surface area (Å²) in [5.74, 6) is -0.517. The highest BCUT2D eigenvalue weighted by Gasteiger charge is 2.29. The van der Waals surface area contributed by atoms with Crippen LogP contribution in [0, 0.1) is 5.82 Å². The number of halogens is 4. The number of nitrogens with one attached hydrogen (secondary N) is 1. The third-order valence-corrected chi connectivity index (χ3v) is 3.66. The van der Waals surface area contributed by atoms with E-state index in [0.29, 0.717) is 26.2 Å². The zero-order chi connectivity index (χ0) is 13.8. The third-order valence-electron chi connectivity index (χ3n) is 3.33. The van der Waals surface area contributed by atoms with Crippen LogP contribution in [0.25, 0.3) is 0 Å². The molecular weight excluding hydrogens is 277 g/mol. The van der Waals surface area contributed by atoms with E-state index in [1.807, 2.05) is 4.90 Å². The van der Waals surface area contributed by atoms with Gasteiger partial charge in [-0.05, 0) is 12.1 Å². The number of hydrogen-bond donors (Lipinski definition) is 1. The largest absolute Gasteiger partial charge is 0.314 e. The zero-order valence-electron chi connectivity index (χ0n) is 10.4. The average molecular weight is 293 g/mol. The Morgan fingerprint density at radius 1 is 1.26 bits per heavy atom. The van der Waals surface area contributed by atoms with Crippen molar-refractivity contribution >= 4 is 11.6 Å². The molecule has 0 aromatic heterocycles. The maximum atomic E-state index is 13.9. The van der Waals surface area contributed by atoms with Crippen LogP contribution in [0.5, 0.6) is 0 Å². The molecule has 1 aromatic rings. The standard InChI is InChI=1S/C13H16ClF3N2/c14-9-2-1-3-10(15)13(9)11(8-12(16)17)19-6-4-18-5-7-19/h1-3,11-12,18H,4-8H2/t11-/m1/s1. The summed E-state index contributed by atoms with van der Waals surface area (Å²) < 4.78 is 39.5. The molecule has 1 aliphatic heterocycles. The van der Waals surface area contributed by atoms with Gasteiger partial charge in [-0.15, -0.1) is 0 Å². The van der Waals surface area contributed by atoms with Crippen molar-refractivity contribution in [2.75, 3.05) is 26.2 Å². The van der Waals surface area contributed by atoms with Gasteiger partial charge in [-0.25, -0.2) is 13.2 Å². The predicted octanol–water partition coefficient (Wildman–Crippen LogP) is 3.08. The van der Waals surface area contributed by atoms with E-state index in [4.69, 9.17) is 11.6 Å². The first-order chi connectivity index (χ1) is 9.09. The SMILES string of the molecule is Fc1cccc(Cl)c1[C@@H](CC(F)F)N1CCNCC1. The zero-order valence-corrected chi connectivity index (χ0v) is 11.1. The van der Waals surface area contributed by atoms with Crippen molar-refractivity contribution in [1.29, 1.82) is 0 Å². The third kappa shape index (κ3) is 3.61. The number of piperazine rings is 1. The fourth-order valence-corrected chi connectivity index (χ4v) is 2.73. The van der Waals surface area contributed by atoms with Crippen molar-refractivity contribution < 1.29 is 13.2 Å². The van der Waals surface area contributed by atoms with Crippen LogP contribution in [-0.4, -0.2) is 37.5 Å². The molecule has 1 heterocycles. The molecule has 0 saturated carbocycles. The van der Waals surface area contributed by atoms with Crippen LogP contribution in [0.2, 0.25) is 5.02 Å². The van der Waals surface area contributed by atoms with E-state index < -0.39 is 24.7 Å². The Kier molecular flexibility index (Phi) is 5.07. The van der Waals surface area contributed by atoms with Crippen molar-refractivity contribution in [3.05, 3.63) is 34.6 Å². The lowest BCUT2D eigenvalue weighted by Crippen LogP contribution is -2.45. The second-order valence-electron chi connectivity index (χ2n) is 4.56. The summed E-state index contributed by atoms with van der Waals surface area (Å²) in [6.07, 6.45) is -2.89. The van der Waals surface area contributed by atoms with E-state index in [1.165, 1.54) is 12.1 Å². The van der Waals surface area contributed by atoms with Gasteiger partial charge in [0, 0.05) is 49.2 Å². The minimum Gasteiger partial charge on any atom is -0.314 e. The molecule has 19 heavy (non-hydrogen) atoms. The second-order valence-corrected chi connectivity index (χ2v) is 4.97. The van der Waals surface area contributed by atoms with Gasteiger partial charge < -0.3 is 5.32 Å². The molecule has 1 aromatic carbocycles. The second kappa shape index (κ2) is 6.59. The van der Waals surface area contributed by atoms with Gasteiger partial charge in [0.25, 0.3) is 0 Å². The van der Waals surface area contributed by atoms with E-state index in [2.05, 4.69) is 5.32 Å². The first kappa shape index (κ1) is 14.6. The molecule has 1 fully saturated rings. The smallest absolute Gasteiger partial charge is 0.240 e. The first-order valence-corrected chi connectivity index (χ1v) is 6.64. The minimum absolute atomic E-state index is 0.186. The summed E-state index contributed by atoms with van der Waals surface area (Å²) >= 11 is 6.00. The molecule has 1 aliphatic rings. The molecule has 106 valence electrons.